The highest BCUT2D eigenvalue weighted by molar-refractivity contribution is 5.20. The number of aryl methyl sites for hydroxylation is 2. The van der Waals surface area contributed by atoms with Gasteiger partial charge < -0.3 is 4.74 Å². The van der Waals surface area contributed by atoms with E-state index in [1.807, 2.05) is 6.07 Å². The summed E-state index contributed by atoms with van der Waals surface area (Å²) < 4.78 is 6.73. The van der Waals surface area contributed by atoms with Crippen molar-refractivity contribution >= 4 is 0 Å². The van der Waals surface area contributed by atoms with Gasteiger partial charge in [0, 0.05) is 37.8 Å². The van der Waals surface area contributed by atoms with Gasteiger partial charge in [0.25, 0.3) is 5.56 Å². The van der Waals surface area contributed by atoms with Crippen molar-refractivity contribution < 1.29 is 4.74 Å². The fourth-order valence-corrected chi connectivity index (χ4v) is 3.69. The third-order valence-corrected chi connectivity index (χ3v) is 5.00. The third kappa shape index (κ3) is 3.56. The van der Waals surface area contributed by atoms with E-state index < -0.39 is 0 Å². The summed E-state index contributed by atoms with van der Waals surface area (Å²) in [5.41, 5.74) is 3.27. The van der Waals surface area contributed by atoms with E-state index in [0.29, 0.717) is 18.5 Å². The topological polar surface area (TPSA) is 73.1 Å². The highest BCUT2D eigenvalue weighted by Crippen LogP contribution is 2.21. The minimum atomic E-state index is 0.0413. The first-order valence-corrected chi connectivity index (χ1v) is 8.89. The number of fused-ring (bicyclic) bond motifs is 1. The van der Waals surface area contributed by atoms with Crippen LogP contribution in [-0.4, -0.2) is 44.8 Å². The number of methoxy groups -OCH3 is 1. The van der Waals surface area contributed by atoms with Crippen LogP contribution >= 0.6 is 0 Å². The second-order valence-corrected chi connectivity index (χ2v) is 6.94. The Hall–Kier alpha value is -2.28. The number of likely N-dealkylation sites (tertiary alicyclic amines) is 1. The fourth-order valence-electron chi connectivity index (χ4n) is 3.69. The monoisotopic (exact) mass is 341 g/mol. The summed E-state index contributed by atoms with van der Waals surface area (Å²) in [6.07, 6.45) is 6.07. The Morgan fingerprint density at radius 1 is 1.28 bits per heavy atom. The smallest absolute Gasteiger partial charge is 0.316 e. The highest BCUT2D eigenvalue weighted by Gasteiger charge is 2.28. The van der Waals surface area contributed by atoms with Gasteiger partial charge in [-0.2, -0.15) is 10.1 Å². The molecule has 7 nitrogen and oxygen atoms in total. The van der Waals surface area contributed by atoms with Crippen molar-refractivity contribution in [3.8, 4) is 6.01 Å². The molecule has 132 valence electrons. The summed E-state index contributed by atoms with van der Waals surface area (Å²) in [7, 11) is 1.57. The van der Waals surface area contributed by atoms with E-state index in [1.165, 1.54) is 12.8 Å². The molecule has 7 heteroatoms. The van der Waals surface area contributed by atoms with E-state index in [1.54, 1.807) is 24.1 Å². The molecule has 1 fully saturated rings. The van der Waals surface area contributed by atoms with E-state index in [4.69, 9.17) is 4.74 Å². The van der Waals surface area contributed by atoms with Crippen LogP contribution < -0.4 is 10.3 Å². The zero-order chi connectivity index (χ0) is 17.2. The fraction of sp³-hybridized carbons (Fsp3) is 0.556. The Kier molecular flexibility index (Phi) is 4.48. The molecule has 0 aromatic carbocycles. The zero-order valence-electron chi connectivity index (χ0n) is 14.5. The Labute approximate surface area is 146 Å². The lowest BCUT2D eigenvalue weighted by Crippen LogP contribution is -2.49. The van der Waals surface area contributed by atoms with Crippen LogP contribution in [0.1, 0.15) is 29.8 Å². The van der Waals surface area contributed by atoms with Gasteiger partial charge in [-0.25, -0.2) is 9.67 Å². The molecule has 1 aliphatic heterocycles. The molecular formula is C18H23N5O2. The van der Waals surface area contributed by atoms with Gasteiger partial charge in [0.2, 0.25) is 0 Å². The molecule has 3 heterocycles. The maximum Gasteiger partial charge on any atom is 0.316 e. The number of hydrogen-bond acceptors (Lipinski definition) is 6. The number of rotatable bonds is 5. The van der Waals surface area contributed by atoms with Crippen LogP contribution in [0.3, 0.4) is 0 Å². The summed E-state index contributed by atoms with van der Waals surface area (Å²) in [5, 5.41) is 4.61. The standard InChI is InChI=1S/C18H23N5O2/c1-25-18-19-7-6-15(20-18)12-22-9-13(10-22)11-23-17(24)8-14-4-2-3-5-16(14)21-23/h6-8,13H,2-5,9-12H2,1H3. The Bertz CT molecular complexity index is 813. The third-order valence-electron chi connectivity index (χ3n) is 5.00. The zero-order valence-corrected chi connectivity index (χ0v) is 14.5. The van der Waals surface area contributed by atoms with Crippen molar-refractivity contribution in [3.63, 3.8) is 0 Å². The quantitative estimate of drug-likeness (QED) is 0.809. The summed E-state index contributed by atoms with van der Waals surface area (Å²) >= 11 is 0. The molecule has 25 heavy (non-hydrogen) atoms. The Balaban J connectivity index is 1.34. The lowest BCUT2D eigenvalue weighted by Gasteiger charge is -2.39. The van der Waals surface area contributed by atoms with Gasteiger partial charge in [0.1, 0.15) is 0 Å². The van der Waals surface area contributed by atoms with E-state index in [2.05, 4.69) is 20.0 Å². The van der Waals surface area contributed by atoms with Gasteiger partial charge in [0.15, 0.2) is 0 Å². The van der Waals surface area contributed by atoms with Crippen LogP contribution in [0.15, 0.2) is 23.1 Å². The first-order valence-electron chi connectivity index (χ1n) is 8.89. The van der Waals surface area contributed by atoms with Crippen LogP contribution in [0.4, 0.5) is 0 Å². The maximum atomic E-state index is 12.3. The lowest BCUT2D eigenvalue weighted by molar-refractivity contribution is 0.0749. The highest BCUT2D eigenvalue weighted by atomic mass is 16.5. The molecule has 0 N–H and O–H groups in total. The molecule has 0 atom stereocenters. The minimum Gasteiger partial charge on any atom is -0.467 e. The summed E-state index contributed by atoms with van der Waals surface area (Å²) in [4.78, 5) is 22.9. The van der Waals surface area contributed by atoms with Crippen molar-refractivity contribution in [3.05, 3.63) is 45.6 Å². The Morgan fingerprint density at radius 2 is 2.12 bits per heavy atom. The maximum absolute atomic E-state index is 12.3. The number of hydrogen-bond donors (Lipinski definition) is 0. The molecule has 0 unspecified atom stereocenters. The van der Waals surface area contributed by atoms with Crippen LogP contribution in [0.2, 0.25) is 0 Å². The SMILES string of the molecule is COc1nccc(CN2CC(Cn3nc4c(cc3=O)CCCC4)C2)n1. The first kappa shape index (κ1) is 16.2. The molecular weight excluding hydrogens is 318 g/mol. The van der Waals surface area contributed by atoms with Gasteiger partial charge in [-0.1, -0.05) is 0 Å². The van der Waals surface area contributed by atoms with Crippen molar-refractivity contribution in [2.24, 2.45) is 5.92 Å². The summed E-state index contributed by atoms with van der Waals surface area (Å²) in [6.45, 7) is 3.40. The van der Waals surface area contributed by atoms with Gasteiger partial charge in [-0.15, -0.1) is 0 Å². The van der Waals surface area contributed by atoms with Crippen LogP contribution in [-0.2, 0) is 25.9 Å². The molecule has 1 aliphatic carbocycles. The molecule has 2 aromatic heterocycles. The number of nitrogens with zero attached hydrogens (tertiary/aromatic N) is 5. The van der Waals surface area contributed by atoms with Gasteiger partial charge in [-0.05, 0) is 37.3 Å². The molecule has 0 bridgehead atoms. The van der Waals surface area contributed by atoms with E-state index in [0.717, 1.165) is 49.4 Å². The first-order chi connectivity index (χ1) is 12.2. The molecule has 2 aliphatic rings. The van der Waals surface area contributed by atoms with Gasteiger partial charge in [-0.3, -0.25) is 9.69 Å². The average molecular weight is 341 g/mol. The van der Waals surface area contributed by atoms with Crippen molar-refractivity contribution in [2.45, 2.75) is 38.8 Å². The summed E-state index contributed by atoms with van der Waals surface area (Å²) in [6, 6.07) is 4.11. The van der Waals surface area contributed by atoms with Gasteiger partial charge in [0.05, 0.1) is 25.0 Å². The van der Waals surface area contributed by atoms with E-state index >= 15 is 0 Å². The molecule has 0 amide bonds. The van der Waals surface area contributed by atoms with Crippen molar-refractivity contribution in [1.29, 1.82) is 0 Å². The normalized spacial score (nSPS) is 17.8. The van der Waals surface area contributed by atoms with Crippen molar-refractivity contribution in [2.75, 3.05) is 20.2 Å². The second kappa shape index (κ2) is 6.92. The minimum absolute atomic E-state index is 0.0413. The van der Waals surface area contributed by atoms with Crippen LogP contribution in [0.5, 0.6) is 6.01 Å². The molecule has 0 saturated carbocycles. The number of aromatic nitrogens is 4. The lowest BCUT2D eigenvalue weighted by atomic mass is 9.96. The molecule has 4 rings (SSSR count). The predicted octanol–water partition coefficient (Wildman–Crippen LogP) is 1.05. The van der Waals surface area contributed by atoms with Gasteiger partial charge >= 0.3 is 6.01 Å². The molecule has 1 saturated heterocycles. The molecule has 2 aromatic rings. The largest absolute Gasteiger partial charge is 0.467 e. The van der Waals surface area contributed by atoms with E-state index in [9.17, 15) is 4.79 Å². The molecule has 0 radical (unpaired) electrons. The van der Waals surface area contributed by atoms with Crippen LogP contribution in [0.25, 0.3) is 0 Å². The van der Waals surface area contributed by atoms with E-state index in [-0.39, 0.29) is 5.56 Å². The van der Waals surface area contributed by atoms with Crippen LogP contribution in [0, 0.1) is 5.92 Å². The second-order valence-electron chi connectivity index (χ2n) is 6.94. The van der Waals surface area contributed by atoms with Crippen molar-refractivity contribution in [1.82, 2.24) is 24.6 Å². The number of ether oxygens (including phenoxy) is 1. The Morgan fingerprint density at radius 3 is 2.96 bits per heavy atom. The average Bonchev–Trinajstić information content (AvgIpc) is 2.60. The summed E-state index contributed by atoms with van der Waals surface area (Å²) in [5.74, 6) is 0.468. The molecule has 0 spiro atoms. The predicted molar refractivity (Wildman–Crippen MR) is 92.5 cm³/mol.